The highest BCUT2D eigenvalue weighted by Crippen LogP contribution is 2.33. The van der Waals surface area contributed by atoms with Crippen molar-refractivity contribution in [3.05, 3.63) is 23.3 Å². The predicted molar refractivity (Wildman–Crippen MR) is 96.5 cm³/mol. The number of ether oxygens (including phenoxy) is 2. The van der Waals surface area contributed by atoms with Crippen LogP contribution in [0, 0.1) is 25.7 Å². The third-order valence-corrected chi connectivity index (χ3v) is 4.36. The first-order valence-corrected chi connectivity index (χ1v) is 8.67. The van der Waals surface area contributed by atoms with Crippen molar-refractivity contribution in [1.29, 1.82) is 0 Å². The molecular formula is C20H27NO3. The van der Waals surface area contributed by atoms with Gasteiger partial charge in [0, 0.05) is 18.2 Å². The van der Waals surface area contributed by atoms with Crippen molar-refractivity contribution in [2.24, 2.45) is 0 Å². The molecule has 4 heteroatoms. The summed E-state index contributed by atoms with van der Waals surface area (Å²) in [5.41, 5.74) is 3.56. The van der Waals surface area contributed by atoms with Crippen molar-refractivity contribution in [3.8, 4) is 17.6 Å². The van der Waals surface area contributed by atoms with Gasteiger partial charge in [-0.05, 0) is 56.9 Å². The van der Waals surface area contributed by atoms with Crippen LogP contribution >= 0.6 is 0 Å². The number of rotatable bonds is 3. The van der Waals surface area contributed by atoms with Crippen LogP contribution in [-0.4, -0.2) is 32.3 Å². The van der Waals surface area contributed by atoms with E-state index < -0.39 is 5.97 Å². The Morgan fingerprint density at radius 2 is 1.96 bits per heavy atom. The average Bonchev–Trinajstić information content (AvgIpc) is 2.78. The van der Waals surface area contributed by atoms with E-state index in [-0.39, 0.29) is 6.04 Å². The van der Waals surface area contributed by atoms with Gasteiger partial charge in [-0.15, -0.1) is 0 Å². The first-order valence-electron chi connectivity index (χ1n) is 8.67. The van der Waals surface area contributed by atoms with Crippen molar-refractivity contribution in [2.45, 2.75) is 52.5 Å². The maximum atomic E-state index is 11.6. The number of hydrogen-bond acceptors (Lipinski definition) is 4. The van der Waals surface area contributed by atoms with Crippen LogP contribution in [0.1, 0.15) is 43.7 Å². The Balaban J connectivity index is 2.35. The fraction of sp³-hybridized carbons (Fsp3) is 0.550. The molecule has 130 valence electrons. The van der Waals surface area contributed by atoms with Crippen LogP contribution in [0.15, 0.2) is 12.1 Å². The van der Waals surface area contributed by atoms with E-state index in [4.69, 9.17) is 9.47 Å². The van der Waals surface area contributed by atoms with Gasteiger partial charge in [-0.25, -0.2) is 4.79 Å². The molecule has 4 nitrogen and oxygen atoms in total. The molecule has 1 aromatic carbocycles. The first-order chi connectivity index (χ1) is 11.6. The van der Waals surface area contributed by atoms with Crippen LogP contribution in [0.4, 0.5) is 5.69 Å². The van der Waals surface area contributed by atoms with Gasteiger partial charge in [0.2, 0.25) is 0 Å². The molecule has 0 amide bonds. The SMILES string of the molecule is CCOC(=O)C#C[C@@H]1CCCCCN1c1c(C)cc(OC)cc1C. The number of aryl methyl sites for hydroxylation is 2. The molecule has 0 bridgehead atoms. The summed E-state index contributed by atoms with van der Waals surface area (Å²) in [5.74, 6) is 6.25. The highest BCUT2D eigenvalue weighted by Gasteiger charge is 2.23. The van der Waals surface area contributed by atoms with Gasteiger partial charge in [-0.3, -0.25) is 0 Å². The molecule has 1 fully saturated rings. The number of carbonyl (C=O) groups excluding carboxylic acids is 1. The smallest absolute Gasteiger partial charge is 0.384 e. The zero-order chi connectivity index (χ0) is 17.5. The summed E-state index contributed by atoms with van der Waals surface area (Å²) >= 11 is 0. The molecule has 0 unspecified atom stereocenters. The zero-order valence-corrected chi connectivity index (χ0v) is 15.1. The molecule has 0 N–H and O–H groups in total. The summed E-state index contributed by atoms with van der Waals surface area (Å²) in [7, 11) is 1.69. The topological polar surface area (TPSA) is 38.8 Å². The monoisotopic (exact) mass is 329 g/mol. The second-order valence-electron chi connectivity index (χ2n) is 6.16. The second-order valence-corrected chi connectivity index (χ2v) is 6.16. The van der Waals surface area contributed by atoms with E-state index in [2.05, 4.69) is 42.7 Å². The third-order valence-electron chi connectivity index (χ3n) is 4.36. The van der Waals surface area contributed by atoms with Gasteiger partial charge in [0.1, 0.15) is 5.75 Å². The van der Waals surface area contributed by atoms with E-state index in [1.165, 1.54) is 23.2 Å². The van der Waals surface area contributed by atoms with Crippen molar-refractivity contribution in [1.82, 2.24) is 0 Å². The summed E-state index contributed by atoms with van der Waals surface area (Å²) in [6, 6.07) is 4.16. The van der Waals surface area contributed by atoms with Crippen molar-refractivity contribution < 1.29 is 14.3 Å². The standard InChI is InChI=1S/C20H27NO3/c1-5-24-19(22)11-10-17-9-7-6-8-12-21(17)20-15(2)13-18(23-4)14-16(20)3/h13-14,17H,5-9,12H2,1-4H3/t17-/m0/s1. The Morgan fingerprint density at radius 3 is 2.58 bits per heavy atom. The van der Waals surface area contributed by atoms with Crippen LogP contribution < -0.4 is 9.64 Å². The molecule has 0 saturated carbocycles. The number of methoxy groups -OCH3 is 1. The van der Waals surface area contributed by atoms with Gasteiger partial charge in [0.25, 0.3) is 0 Å². The molecule has 1 aromatic rings. The van der Waals surface area contributed by atoms with E-state index in [9.17, 15) is 4.79 Å². The lowest BCUT2D eigenvalue weighted by atomic mass is 10.0. The van der Waals surface area contributed by atoms with Gasteiger partial charge < -0.3 is 14.4 Å². The number of carbonyl (C=O) groups is 1. The van der Waals surface area contributed by atoms with Gasteiger partial charge in [0.15, 0.2) is 0 Å². The molecule has 1 atom stereocenters. The van der Waals surface area contributed by atoms with E-state index >= 15 is 0 Å². The Hall–Kier alpha value is -2.15. The third kappa shape index (κ3) is 4.44. The Labute approximate surface area is 145 Å². The van der Waals surface area contributed by atoms with E-state index in [1.54, 1.807) is 14.0 Å². The summed E-state index contributed by atoms with van der Waals surface area (Å²) < 4.78 is 10.3. The molecule has 2 rings (SSSR count). The highest BCUT2D eigenvalue weighted by molar-refractivity contribution is 5.88. The zero-order valence-electron chi connectivity index (χ0n) is 15.1. The van der Waals surface area contributed by atoms with Gasteiger partial charge in [-0.1, -0.05) is 18.8 Å². The fourth-order valence-electron chi connectivity index (χ4n) is 3.32. The Bertz CT molecular complexity index is 619. The van der Waals surface area contributed by atoms with Crippen molar-refractivity contribution in [2.75, 3.05) is 25.2 Å². The molecule has 1 saturated heterocycles. The number of benzene rings is 1. The van der Waals surface area contributed by atoms with Crippen LogP contribution in [0.2, 0.25) is 0 Å². The molecule has 0 aromatic heterocycles. The molecule has 1 heterocycles. The molecule has 0 spiro atoms. The highest BCUT2D eigenvalue weighted by atomic mass is 16.5. The largest absolute Gasteiger partial charge is 0.497 e. The van der Waals surface area contributed by atoms with E-state index in [0.29, 0.717) is 6.61 Å². The minimum absolute atomic E-state index is 0.0442. The summed E-state index contributed by atoms with van der Waals surface area (Å²) in [5, 5.41) is 0. The Kier molecular flexibility index (Phi) is 6.54. The minimum atomic E-state index is -0.440. The number of esters is 1. The molecule has 24 heavy (non-hydrogen) atoms. The fourth-order valence-corrected chi connectivity index (χ4v) is 3.32. The predicted octanol–water partition coefficient (Wildman–Crippen LogP) is 3.63. The molecule has 0 radical (unpaired) electrons. The molecule has 1 aliphatic rings. The number of anilines is 1. The van der Waals surface area contributed by atoms with Gasteiger partial charge in [-0.2, -0.15) is 0 Å². The maximum Gasteiger partial charge on any atom is 0.384 e. The first kappa shape index (κ1) is 18.2. The molecule has 0 aliphatic carbocycles. The van der Waals surface area contributed by atoms with E-state index in [0.717, 1.165) is 31.6 Å². The maximum absolute atomic E-state index is 11.6. The quantitative estimate of drug-likeness (QED) is 0.482. The number of nitrogens with zero attached hydrogens (tertiary/aromatic N) is 1. The normalized spacial score (nSPS) is 17.5. The van der Waals surface area contributed by atoms with Crippen molar-refractivity contribution in [3.63, 3.8) is 0 Å². The van der Waals surface area contributed by atoms with Crippen LogP contribution in [0.3, 0.4) is 0 Å². The van der Waals surface area contributed by atoms with Crippen molar-refractivity contribution >= 4 is 11.7 Å². The van der Waals surface area contributed by atoms with E-state index in [1.807, 2.05) is 0 Å². The van der Waals surface area contributed by atoms with Crippen LogP contribution in [-0.2, 0) is 9.53 Å². The minimum Gasteiger partial charge on any atom is -0.497 e. The number of hydrogen-bond donors (Lipinski definition) is 0. The molecule has 1 aliphatic heterocycles. The lowest BCUT2D eigenvalue weighted by Crippen LogP contribution is -2.35. The summed E-state index contributed by atoms with van der Waals surface area (Å²) in [6.07, 6.45) is 4.44. The average molecular weight is 329 g/mol. The Morgan fingerprint density at radius 1 is 1.25 bits per heavy atom. The lowest BCUT2D eigenvalue weighted by Gasteiger charge is -2.31. The lowest BCUT2D eigenvalue weighted by molar-refractivity contribution is -0.136. The van der Waals surface area contributed by atoms with Crippen LogP contribution in [0.25, 0.3) is 0 Å². The summed E-state index contributed by atoms with van der Waals surface area (Å²) in [6.45, 7) is 7.31. The summed E-state index contributed by atoms with van der Waals surface area (Å²) in [4.78, 5) is 14.0. The second kappa shape index (κ2) is 8.63. The van der Waals surface area contributed by atoms with Gasteiger partial charge in [0.05, 0.1) is 19.8 Å². The van der Waals surface area contributed by atoms with Gasteiger partial charge >= 0.3 is 5.97 Å². The molecular weight excluding hydrogens is 302 g/mol. The van der Waals surface area contributed by atoms with Crippen LogP contribution in [0.5, 0.6) is 5.75 Å².